The molecule has 0 aromatic carbocycles. The van der Waals surface area contributed by atoms with E-state index in [0.717, 1.165) is 0 Å². The van der Waals surface area contributed by atoms with Crippen LogP contribution in [0.3, 0.4) is 0 Å². The zero-order valence-electron chi connectivity index (χ0n) is 9.04. The van der Waals surface area contributed by atoms with Gasteiger partial charge in [0.15, 0.2) is 11.6 Å². The molecule has 0 amide bonds. The van der Waals surface area contributed by atoms with Crippen molar-refractivity contribution < 1.29 is 19.0 Å². The van der Waals surface area contributed by atoms with Crippen molar-refractivity contribution in [3.05, 3.63) is 0 Å². The van der Waals surface area contributed by atoms with Gasteiger partial charge in [0, 0.05) is 13.5 Å². The zero-order chi connectivity index (χ0) is 10.6. The molecule has 0 radical (unpaired) electrons. The van der Waals surface area contributed by atoms with Gasteiger partial charge in [-0.2, -0.15) is 0 Å². The summed E-state index contributed by atoms with van der Waals surface area (Å²) in [7, 11) is 1.52. The Labute approximate surface area is 84.5 Å². The highest BCUT2D eigenvalue weighted by molar-refractivity contribution is 5.79. The highest BCUT2D eigenvalue weighted by Crippen LogP contribution is 2.24. The Kier molecular flexibility index (Phi) is 4.04. The molecule has 0 bridgehead atoms. The first-order chi connectivity index (χ1) is 6.53. The van der Waals surface area contributed by atoms with Crippen molar-refractivity contribution in [3.8, 4) is 0 Å². The van der Waals surface area contributed by atoms with Gasteiger partial charge < -0.3 is 14.2 Å². The molecule has 14 heavy (non-hydrogen) atoms. The minimum atomic E-state index is -0.491. The number of carbonyl (C=O) groups is 1. The molecule has 0 spiro atoms. The molecule has 1 heterocycles. The summed E-state index contributed by atoms with van der Waals surface area (Å²) in [5, 5.41) is 0. The van der Waals surface area contributed by atoms with Crippen molar-refractivity contribution in [1.29, 1.82) is 0 Å². The molecule has 1 aliphatic heterocycles. The Hall–Kier alpha value is -0.450. The highest BCUT2D eigenvalue weighted by atomic mass is 16.7. The second kappa shape index (κ2) is 4.87. The summed E-state index contributed by atoms with van der Waals surface area (Å²) in [5.41, 5.74) is 0. The normalized spacial score (nSPS) is 25.2. The number of hydrogen-bond donors (Lipinski definition) is 0. The van der Waals surface area contributed by atoms with E-state index in [-0.39, 0.29) is 18.5 Å². The largest absolute Gasteiger partial charge is 0.377 e. The number of methoxy groups -OCH3 is 1. The van der Waals surface area contributed by atoms with Crippen LogP contribution in [0.15, 0.2) is 0 Å². The van der Waals surface area contributed by atoms with Crippen molar-refractivity contribution in [2.45, 2.75) is 38.6 Å². The van der Waals surface area contributed by atoms with Gasteiger partial charge in [-0.3, -0.25) is 4.79 Å². The molecule has 1 rings (SSSR count). The van der Waals surface area contributed by atoms with Gasteiger partial charge in [-0.15, -0.1) is 0 Å². The summed E-state index contributed by atoms with van der Waals surface area (Å²) in [5.74, 6) is -0.379. The van der Waals surface area contributed by atoms with Crippen LogP contribution in [0.25, 0.3) is 0 Å². The monoisotopic (exact) mass is 202 g/mol. The molecule has 0 N–H and O–H groups in total. The number of hydrogen-bond acceptors (Lipinski definition) is 4. The maximum atomic E-state index is 11.1. The lowest BCUT2D eigenvalue weighted by Crippen LogP contribution is -2.22. The van der Waals surface area contributed by atoms with Crippen molar-refractivity contribution in [2.75, 3.05) is 20.3 Å². The van der Waals surface area contributed by atoms with Gasteiger partial charge in [0.05, 0.1) is 12.7 Å². The molecule has 0 saturated carbocycles. The third-order valence-corrected chi connectivity index (χ3v) is 2.12. The van der Waals surface area contributed by atoms with Crippen LogP contribution in [0.1, 0.15) is 26.7 Å². The molecule has 0 aliphatic carbocycles. The summed E-state index contributed by atoms with van der Waals surface area (Å²) in [4.78, 5) is 11.1. The quantitative estimate of drug-likeness (QED) is 0.670. The van der Waals surface area contributed by atoms with Gasteiger partial charge in [-0.1, -0.05) is 0 Å². The molecular formula is C10H18O4. The van der Waals surface area contributed by atoms with E-state index in [2.05, 4.69) is 0 Å². The van der Waals surface area contributed by atoms with Crippen LogP contribution in [-0.2, 0) is 19.0 Å². The molecule has 82 valence electrons. The van der Waals surface area contributed by atoms with E-state index in [1.807, 2.05) is 13.8 Å². The molecule has 4 nitrogen and oxygen atoms in total. The molecule has 0 unspecified atom stereocenters. The van der Waals surface area contributed by atoms with E-state index in [4.69, 9.17) is 14.2 Å². The highest BCUT2D eigenvalue weighted by Gasteiger charge is 2.32. The summed E-state index contributed by atoms with van der Waals surface area (Å²) in [6.07, 6.45) is 1.26. The molecule has 1 atom stereocenters. The maximum absolute atomic E-state index is 11.1. The average molecular weight is 202 g/mol. The van der Waals surface area contributed by atoms with Crippen molar-refractivity contribution in [3.63, 3.8) is 0 Å². The first-order valence-corrected chi connectivity index (χ1v) is 4.86. The first-order valence-electron chi connectivity index (χ1n) is 4.86. The van der Waals surface area contributed by atoms with Crippen LogP contribution in [-0.4, -0.2) is 38.0 Å². The summed E-state index contributed by atoms with van der Waals surface area (Å²) >= 11 is 0. The first kappa shape index (κ1) is 11.6. The molecule has 1 fully saturated rings. The van der Waals surface area contributed by atoms with Crippen molar-refractivity contribution >= 4 is 5.78 Å². The number of carbonyl (C=O) groups excluding carboxylic acids is 1. The van der Waals surface area contributed by atoms with Crippen LogP contribution < -0.4 is 0 Å². The van der Waals surface area contributed by atoms with E-state index < -0.39 is 5.79 Å². The molecule has 1 aliphatic rings. The van der Waals surface area contributed by atoms with Gasteiger partial charge >= 0.3 is 0 Å². The Balaban J connectivity index is 2.17. The third kappa shape index (κ3) is 3.74. The van der Waals surface area contributed by atoms with E-state index in [1.54, 1.807) is 0 Å². The fourth-order valence-electron chi connectivity index (χ4n) is 1.46. The maximum Gasteiger partial charge on any atom is 0.163 e. The molecular weight excluding hydrogens is 184 g/mol. The van der Waals surface area contributed by atoms with Crippen LogP contribution >= 0.6 is 0 Å². The summed E-state index contributed by atoms with van der Waals surface area (Å²) in [6.45, 7) is 4.53. The summed E-state index contributed by atoms with van der Waals surface area (Å²) < 4.78 is 15.7. The lowest BCUT2D eigenvalue weighted by Gasteiger charge is -2.16. The fraction of sp³-hybridized carbons (Fsp3) is 0.900. The molecule has 0 aromatic heterocycles. The number of ether oxygens (including phenoxy) is 3. The second-order valence-electron chi connectivity index (χ2n) is 3.96. The molecule has 1 saturated heterocycles. The van der Waals surface area contributed by atoms with Gasteiger partial charge in [0.1, 0.15) is 6.61 Å². The predicted molar refractivity (Wildman–Crippen MR) is 51.0 cm³/mol. The average Bonchev–Trinajstić information content (AvgIpc) is 2.43. The summed E-state index contributed by atoms with van der Waals surface area (Å²) in [6, 6.07) is 0. The van der Waals surface area contributed by atoms with Gasteiger partial charge in [0.2, 0.25) is 0 Å². The molecule has 4 heteroatoms. The lowest BCUT2D eigenvalue weighted by atomic mass is 10.1. The van der Waals surface area contributed by atoms with E-state index >= 15 is 0 Å². The lowest BCUT2D eigenvalue weighted by molar-refractivity contribution is -0.140. The van der Waals surface area contributed by atoms with E-state index in [1.165, 1.54) is 7.11 Å². The minimum Gasteiger partial charge on any atom is -0.377 e. The fourth-order valence-corrected chi connectivity index (χ4v) is 1.46. The topological polar surface area (TPSA) is 44.8 Å². The SMILES string of the molecule is COCC(=O)CC[C@H]1COC(C)(C)O1. The Bertz CT molecular complexity index is 200. The third-order valence-electron chi connectivity index (χ3n) is 2.12. The van der Waals surface area contributed by atoms with Gasteiger partial charge in [0.25, 0.3) is 0 Å². The van der Waals surface area contributed by atoms with Gasteiger partial charge in [-0.25, -0.2) is 0 Å². The number of ketones is 1. The van der Waals surface area contributed by atoms with Crippen LogP contribution in [0.2, 0.25) is 0 Å². The second-order valence-corrected chi connectivity index (χ2v) is 3.96. The van der Waals surface area contributed by atoms with Gasteiger partial charge in [-0.05, 0) is 20.3 Å². The number of rotatable bonds is 5. The van der Waals surface area contributed by atoms with Crippen molar-refractivity contribution in [1.82, 2.24) is 0 Å². The van der Waals surface area contributed by atoms with E-state index in [9.17, 15) is 4.79 Å². The Morgan fingerprint density at radius 2 is 2.29 bits per heavy atom. The standard InChI is InChI=1S/C10H18O4/c1-10(2)13-7-9(14-10)5-4-8(11)6-12-3/h9H,4-7H2,1-3H3/t9-/m0/s1. The Morgan fingerprint density at radius 1 is 1.57 bits per heavy atom. The van der Waals surface area contributed by atoms with E-state index in [0.29, 0.717) is 19.4 Å². The van der Waals surface area contributed by atoms with Crippen LogP contribution in [0, 0.1) is 0 Å². The minimum absolute atomic E-state index is 0.0470. The predicted octanol–water partition coefficient (Wildman–Crippen LogP) is 1.13. The zero-order valence-corrected chi connectivity index (χ0v) is 9.04. The van der Waals surface area contributed by atoms with Crippen LogP contribution in [0.4, 0.5) is 0 Å². The molecule has 0 aromatic rings. The number of Topliss-reactive ketones (excluding diaryl/α,β-unsaturated/α-hetero) is 1. The van der Waals surface area contributed by atoms with Crippen molar-refractivity contribution in [2.24, 2.45) is 0 Å². The van der Waals surface area contributed by atoms with Crippen LogP contribution in [0.5, 0.6) is 0 Å². The smallest absolute Gasteiger partial charge is 0.163 e. The Morgan fingerprint density at radius 3 is 2.79 bits per heavy atom.